The van der Waals surface area contributed by atoms with Gasteiger partial charge in [-0.15, -0.1) is 0 Å². The molecule has 0 aliphatic heterocycles. The van der Waals surface area contributed by atoms with E-state index in [0.29, 0.717) is 17.2 Å². The second-order valence-corrected chi connectivity index (χ2v) is 5.01. The number of hydrogen-bond acceptors (Lipinski definition) is 3. The van der Waals surface area contributed by atoms with Crippen LogP contribution in [0.2, 0.25) is 0 Å². The van der Waals surface area contributed by atoms with Gasteiger partial charge in [0.05, 0.1) is 14.2 Å². The number of phenolic OH excluding ortho intramolecular Hbond substituents is 1. The molecule has 0 fully saturated rings. The number of rotatable bonds is 4. The minimum Gasteiger partial charge on any atom is -0.507 e. The van der Waals surface area contributed by atoms with Crippen LogP contribution >= 0.6 is 0 Å². The van der Waals surface area contributed by atoms with Gasteiger partial charge in [0.1, 0.15) is 5.75 Å². The zero-order valence-electron chi connectivity index (χ0n) is 12.9. The quantitative estimate of drug-likeness (QED) is 0.919. The lowest BCUT2D eigenvalue weighted by atomic mass is 9.95. The molecular weight excluding hydrogens is 264 g/mol. The molecule has 0 aliphatic carbocycles. The van der Waals surface area contributed by atoms with Crippen LogP contribution in [0.15, 0.2) is 36.9 Å². The smallest absolute Gasteiger partial charge is 0.161 e. The van der Waals surface area contributed by atoms with Gasteiger partial charge < -0.3 is 14.6 Å². The van der Waals surface area contributed by atoms with E-state index in [-0.39, 0.29) is 0 Å². The fourth-order valence-electron chi connectivity index (χ4n) is 2.32. The maximum Gasteiger partial charge on any atom is 0.161 e. The Balaban J connectivity index is 2.45. The highest BCUT2D eigenvalue weighted by molar-refractivity contribution is 5.80. The first-order valence-electron chi connectivity index (χ1n) is 6.69. The first-order chi connectivity index (χ1) is 9.97. The maximum atomic E-state index is 9.87. The lowest BCUT2D eigenvalue weighted by Crippen LogP contribution is -1.94. The summed E-state index contributed by atoms with van der Waals surface area (Å²) in [5.74, 6) is 1.69. The zero-order valence-corrected chi connectivity index (χ0v) is 12.9. The minimum absolute atomic E-state index is 0.332. The van der Waals surface area contributed by atoms with E-state index in [1.54, 1.807) is 14.2 Å². The summed E-state index contributed by atoms with van der Waals surface area (Å²) in [4.78, 5) is 0. The van der Waals surface area contributed by atoms with Gasteiger partial charge in [-0.3, -0.25) is 0 Å². The van der Waals surface area contributed by atoms with E-state index in [9.17, 15) is 5.11 Å². The molecule has 0 unspecified atom stereocenters. The number of methoxy groups -OCH3 is 2. The Labute approximate surface area is 125 Å². The van der Waals surface area contributed by atoms with Crippen molar-refractivity contribution in [1.29, 1.82) is 0 Å². The Bertz CT molecular complexity index is 664. The van der Waals surface area contributed by atoms with Gasteiger partial charge in [-0.2, -0.15) is 0 Å². The van der Waals surface area contributed by atoms with Crippen LogP contribution in [0, 0.1) is 13.8 Å². The predicted molar refractivity (Wildman–Crippen MR) is 85.3 cm³/mol. The van der Waals surface area contributed by atoms with Gasteiger partial charge >= 0.3 is 0 Å². The molecule has 2 aromatic rings. The van der Waals surface area contributed by atoms with Gasteiger partial charge in [-0.05, 0) is 65.9 Å². The van der Waals surface area contributed by atoms with Crippen molar-refractivity contribution in [3.05, 3.63) is 59.2 Å². The molecule has 110 valence electrons. The third kappa shape index (κ3) is 2.87. The minimum atomic E-state index is 0.332. The van der Waals surface area contributed by atoms with Gasteiger partial charge in [0.15, 0.2) is 11.5 Å². The Morgan fingerprint density at radius 1 is 0.905 bits per heavy atom. The van der Waals surface area contributed by atoms with Crippen LogP contribution in [0.1, 0.15) is 22.3 Å². The monoisotopic (exact) mass is 284 g/mol. The highest BCUT2D eigenvalue weighted by atomic mass is 16.5. The Hall–Kier alpha value is -2.42. The van der Waals surface area contributed by atoms with Crippen LogP contribution < -0.4 is 9.47 Å². The van der Waals surface area contributed by atoms with Crippen molar-refractivity contribution in [2.75, 3.05) is 14.2 Å². The van der Waals surface area contributed by atoms with Gasteiger partial charge in [0, 0.05) is 0 Å². The normalized spacial score (nSPS) is 10.3. The number of benzene rings is 2. The summed E-state index contributed by atoms with van der Waals surface area (Å²) in [6.07, 6.45) is 0. The van der Waals surface area contributed by atoms with E-state index in [1.165, 1.54) is 0 Å². The van der Waals surface area contributed by atoms with Gasteiger partial charge in [-0.25, -0.2) is 0 Å². The van der Waals surface area contributed by atoms with Crippen molar-refractivity contribution in [3.63, 3.8) is 0 Å². The molecule has 0 heterocycles. The molecule has 0 aliphatic rings. The molecular formula is C18H20O3. The molecule has 0 spiro atoms. The van der Waals surface area contributed by atoms with Crippen LogP contribution in [-0.2, 0) is 0 Å². The van der Waals surface area contributed by atoms with Crippen molar-refractivity contribution in [2.24, 2.45) is 0 Å². The average molecular weight is 284 g/mol. The summed E-state index contributed by atoms with van der Waals surface area (Å²) >= 11 is 0. The molecule has 0 radical (unpaired) electrons. The number of aryl methyl sites for hydroxylation is 2. The zero-order chi connectivity index (χ0) is 15.6. The Morgan fingerprint density at radius 3 is 2.00 bits per heavy atom. The van der Waals surface area contributed by atoms with E-state index in [4.69, 9.17) is 9.47 Å². The van der Waals surface area contributed by atoms with E-state index >= 15 is 0 Å². The van der Waals surface area contributed by atoms with Gasteiger partial charge in [0.2, 0.25) is 0 Å². The predicted octanol–water partition coefficient (Wildman–Crippen LogP) is 4.09. The molecule has 0 atom stereocenters. The van der Waals surface area contributed by atoms with Gasteiger partial charge in [-0.1, -0.05) is 12.6 Å². The third-order valence-corrected chi connectivity index (χ3v) is 3.57. The van der Waals surface area contributed by atoms with Crippen molar-refractivity contribution in [1.82, 2.24) is 0 Å². The molecule has 0 saturated heterocycles. The molecule has 0 aromatic heterocycles. The number of hydrogen-bond donors (Lipinski definition) is 1. The largest absolute Gasteiger partial charge is 0.507 e. The summed E-state index contributed by atoms with van der Waals surface area (Å²) in [7, 11) is 3.22. The lowest BCUT2D eigenvalue weighted by molar-refractivity contribution is 0.355. The van der Waals surface area contributed by atoms with E-state index < -0.39 is 0 Å². The number of aromatic hydroxyl groups is 1. The first-order valence-corrected chi connectivity index (χ1v) is 6.69. The van der Waals surface area contributed by atoms with Crippen molar-refractivity contribution in [2.45, 2.75) is 13.8 Å². The lowest BCUT2D eigenvalue weighted by Gasteiger charge is -2.13. The van der Waals surface area contributed by atoms with Crippen LogP contribution in [0.25, 0.3) is 5.57 Å². The first kappa shape index (κ1) is 15.0. The summed E-state index contributed by atoms with van der Waals surface area (Å²) < 4.78 is 10.6. The van der Waals surface area contributed by atoms with Crippen LogP contribution in [0.3, 0.4) is 0 Å². The molecule has 0 amide bonds. The maximum absolute atomic E-state index is 9.87. The summed E-state index contributed by atoms with van der Waals surface area (Å²) in [5, 5.41) is 9.87. The van der Waals surface area contributed by atoms with Crippen LogP contribution in [0.5, 0.6) is 17.2 Å². The Morgan fingerprint density at radius 2 is 1.48 bits per heavy atom. The molecule has 3 heteroatoms. The highest BCUT2D eigenvalue weighted by Crippen LogP contribution is 2.34. The molecule has 0 bridgehead atoms. The highest BCUT2D eigenvalue weighted by Gasteiger charge is 2.10. The molecule has 3 nitrogen and oxygen atoms in total. The molecule has 0 saturated carbocycles. The van der Waals surface area contributed by atoms with E-state index in [0.717, 1.165) is 27.8 Å². The molecule has 2 aromatic carbocycles. The fourth-order valence-corrected chi connectivity index (χ4v) is 2.32. The van der Waals surface area contributed by atoms with E-state index in [1.807, 2.05) is 44.2 Å². The standard InChI is InChI=1S/C18H20O3/c1-11-8-15(9-12(2)18(11)19)13(3)14-6-7-16(20-4)17(10-14)21-5/h6-10,19H,3H2,1-2,4-5H3. The fraction of sp³-hybridized carbons (Fsp3) is 0.222. The van der Waals surface area contributed by atoms with Crippen LogP contribution in [-0.4, -0.2) is 19.3 Å². The second kappa shape index (κ2) is 5.92. The van der Waals surface area contributed by atoms with Crippen molar-refractivity contribution in [3.8, 4) is 17.2 Å². The number of phenols is 1. The van der Waals surface area contributed by atoms with Gasteiger partial charge in [0.25, 0.3) is 0 Å². The summed E-state index contributed by atoms with van der Waals surface area (Å²) in [6.45, 7) is 7.93. The Kier molecular flexibility index (Phi) is 4.22. The second-order valence-electron chi connectivity index (χ2n) is 5.01. The van der Waals surface area contributed by atoms with Crippen LogP contribution in [0.4, 0.5) is 0 Å². The summed E-state index contributed by atoms with van der Waals surface area (Å²) in [5.41, 5.74) is 4.49. The third-order valence-electron chi connectivity index (χ3n) is 3.57. The SMILES string of the molecule is C=C(c1cc(C)c(O)c(C)c1)c1ccc(OC)c(OC)c1. The van der Waals surface area contributed by atoms with E-state index in [2.05, 4.69) is 6.58 Å². The molecule has 21 heavy (non-hydrogen) atoms. The number of ether oxygens (including phenoxy) is 2. The molecule has 2 rings (SSSR count). The van der Waals surface area contributed by atoms with Crippen molar-refractivity contribution >= 4 is 5.57 Å². The van der Waals surface area contributed by atoms with Crippen molar-refractivity contribution < 1.29 is 14.6 Å². The molecule has 1 N–H and O–H groups in total. The topological polar surface area (TPSA) is 38.7 Å². The summed E-state index contributed by atoms with van der Waals surface area (Å²) in [6, 6.07) is 9.57. The average Bonchev–Trinajstić information content (AvgIpc) is 2.50.